The molecule has 0 saturated heterocycles. The maximum Gasteiger partial charge on any atom is 0.272 e. The van der Waals surface area contributed by atoms with Gasteiger partial charge in [0.15, 0.2) is 5.69 Å². The van der Waals surface area contributed by atoms with Crippen LogP contribution >= 0.6 is 35.0 Å². The molecule has 1 aliphatic heterocycles. The number of fused-ring (bicyclic) bond motifs is 2. The monoisotopic (exact) mass is 579 g/mol. The lowest BCUT2D eigenvalue weighted by molar-refractivity contribution is 0.0675. The van der Waals surface area contributed by atoms with Crippen LogP contribution in [0.25, 0.3) is 17.3 Å². The van der Waals surface area contributed by atoms with Gasteiger partial charge in [-0.2, -0.15) is 16.9 Å². The van der Waals surface area contributed by atoms with Crippen molar-refractivity contribution in [2.75, 3.05) is 12.9 Å². The van der Waals surface area contributed by atoms with Crippen molar-refractivity contribution >= 4 is 52.5 Å². The number of nitrogens with one attached hydrogen (secondary N) is 1. The van der Waals surface area contributed by atoms with Crippen LogP contribution in [0.2, 0.25) is 10.0 Å². The van der Waals surface area contributed by atoms with Gasteiger partial charge in [0.25, 0.3) is 5.91 Å². The Labute approximate surface area is 240 Å². The smallest absolute Gasteiger partial charge is 0.272 e. The molecule has 2 heterocycles. The van der Waals surface area contributed by atoms with Crippen LogP contribution in [0.4, 0.5) is 4.39 Å². The highest BCUT2D eigenvalue weighted by molar-refractivity contribution is 7.99. The number of carbonyl (C=O) groups is 1. The van der Waals surface area contributed by atoms with Crippen molar-refractivity contribution in [1.29, 1.82) is 0 Å². The molecular formula is C30H24Cl2FN3O2S. The summed E-state index contributed by atoms with van der Waals surface area (Å²) in [5, 5.41) is 8.95. The fraction of sp³-hybridized carbons (Fsp3) is 0.200. The number of thioether (sulfide) groups is 1. The Kier molecular flexibility index (Phi) is 7.25. The Bertz CT molecular complexity index is 1600. The molecule has 0 unspecified atom stereocenters. The molecule has 0 saturated carbocycles. The van der Waals surface area contributed by atoms with Gasteiger partial charge in [0.1, 0.15) is 5.82 Å². The highest BCUT2D eigenvalue weighted by atomic mass is 35.5. The summed E-state index contributed by atoms with van der Waals surface area (Å²) < 4.78 is 21.0. The maximum absolute atomic E-state index is 13.9. The molecule has 1 aliphatic carbocycles. The molecule has 1 amide bonds. The first-order valence-electron chi connectivity index (χ1n) is 12.5. The number of hydrogen-bond donors (Lipinski definition) is 1. The van der Waals surface area contributed by atoms with E-state index >= 15 is 0 Å². The second kappa shape index (κ2) is 10.8. The second-order valence-corrected chi connectivity index (χ2v) is 11.4. The minimum absolute atomic E-state index is 0.168. The van der Waals surface area contributed by atoms with Crippen molar-refractivity contribution in [3.8, 4) is 5.69 Å². The largest absolute Gasteiger partial charge is 0.379 e. The standard InChI is InChI=1S/C30H24Cl2FN3O2S/c1-38-26-13-18-4-2-3-5-22(18)27(26)34-30(37)28-23-16-39-15-19(12-17-6-9-21(33)10-7-17)29(23)36(35-28)25-11-8-20(31)14-24(25)32/h2-12,14,26-27H,13,15-16H2,1H3,(H,34,37)/b19-12+/t26-,27+/m1/s1. The van der Waals surface area contributed by atoms with Gasteiger partial charge in [-0.1, -0.05) is 59.6 Å². The second-order valence-electron chi connectivity index (χ2n) is 9.53. The van der Waals surface area contributed by atoms with Gasteiger partial charge in [0, 0.05) is 35.6 Å². The van der Waals surface area contributed by atoms with Crippen LogP contribution in [0.3, 0.4) is 0 Å². The number of rotatable bonds is 5. The highest BCUT2D eigenvalue weighted by Gasteiger charge is 2.36. The van der Waals surface area contributed by atoms with Crippen molar-refractivity contribution in [3.05, 3.63) is 116 Å². The van der Waals surface area contributed by atoms with Gasteiger partial charge in [-0.05, 0) is 58.7 Å². The number of aromatic nitrogens is 2. The third-order valence-electron chi connectivity index (χ3n) is 7.13. The van der Waals surface area contributed by atoms with Crippen LogP contribution in [-0.4, -0.2) is 34.7 Å². The van der Waals surface area contributed by atoms with Crippen LogP contribution in [0.5, 0.6) is 0 Å². The van der Waals surface area contributed by atoms with E-state index in [0.717, 1.165) is 39.9 Å². The van der Waals surface area contributed by atoms with Crippen LogP contribution in [0.1, 0.15) is 44.5 Å². The number of ether oxygens (including phenoxy) is 1. The van der Waals surface area contributed by atoms with E-state index in [4.69, 9.17) is 33.0 Å². The van der Waals surface area contributed by atoms with Crippen molar-refractivity contribution in [1.82, 2.24) is 15.1 Å². The van der Waals surface area contributed by atoms with Gasteiger partial charge in [0.2, 0.25) is 0 Å². The number of carbonyl (C=O) groups excluding carboxylic acids is 1. The molecule has 0 radical (unpaired) electrons. The Morgan fingerprint density at radius 1 is 1.13 bits per heavy atom. The minimum Gasteiger partial charge on any atom is -0.379 e. The molecule has 4 aromatic rings. The summed E-state index contributed by atoms with van der Waals surface area (Å²) in [5.41, 5.74) is 6.62. The van der Waals surface area contributed by atoms with Crippen LogP contribution in [0.15, 0.2) is 66.7 Å². The zero-order valence-electron chi connectivity index (χ0n) is 21.0. The van der Waals surface area contributed by atoms with E-state index in [1.54, 1.807) is 53.9 Å². The fourth-order valence-corrected chi connectivity index (χ4v) is 6.79. The number of amides is 1. The normalized spacial score (nSPS) is 19.1. The van der Waals surface area contributed by atoms with E-state index in [9.17, 15) is 9.18 Å². The zero-order valence-corrected chi connectivity index (χ0v) is 23.3. The molecular weight excluding hydrogens is 556 g/mol. The van der Waals surface area contributed by atoms with Gasteiger partial charge in [-0.15, -0.1) is 0 Å². The molecule has 198 valence electrons. The quantitative estimate of drug-likeness (QED) is 0.273. The maximum atomic E-state index is 13.9. The number of hydrogen-bond acceptors (Lipinski definition) is 4. The first-order valence-corrected chi connectivity index (χ1v) is 14.4. The topological polar surface area (TPSA) is 56.1 Å². The Hall–Kier alpha value is -3.10. The summed E-state index contributed by atoms with van der Waals surface area (Å²) >= 11 is 14.5. The summed E-state index contributed by atoms with van der Waals surface area (Å²) in [5.74, 6) is 0.737. The predicted molar refractivity (Wildman–Crippen MR) is 155 cm³/mol. The zero-order chi connectivity index (χ0) is 27.1. The van der Waals surface area contributed by atoms with Gasteiger partial charge >= 0.3 is 0 Å². The molecule has 0 bridgehead atoms. The molecule has 0 spiro atoms. The number of methoxy groups -OCH3 is 1. The first kappa shape index (κ1) is 26.1. The average molecular weight is 581 g/mol. The molecule has 9 heteroatoms. The van der Waals surface area contributed by atoms with E-state index in [2.05, 4.69) is 11.4 Å². The van der Waals surface area contributed by atoms with Gasteiger partial charge in [-0.25, -0.2) is 9.07 Å². The third-order valence-corrected chi connectivity index (χ3v) is 8.67. The van der Waals surface area contributed by atoms with Crippen molar-refractivity contribution < 1.29 is 13.9 Å². The van der Waals surface area contributed by atoms with Gasteiger partial charge < -0.3 is 10.1 Å². The Morgan fingerprint density at radius 2 is 1.92 bits per heavy atom. The molecule has 0 fully saturated rings. The highest BCUT2D eigenvalue weighted by Crippen LogP contribution is 2.39. The number of nitrogens with zero attached hydrogens (tertiary/aromatic N) is 2. The van der Waals surface area contributed by atoms with Crippen LogP contribution < -0.4 is 5.32 Å². The first-order chi connectivity index (χ1) is 18.9. The minimum atomic E-state index is -0.296. The molecule has 2 atom stereocenters. The van der Waals surface area contributed by atoms with Crippen LogP contribution in [0, 0.1) is 5.82 Å². The predicted octanol–water partition coefficient (Wildman–Crippen LogP) is 7.15. The van der Waals surface area contributed by atoms with Crippen molar-refractivity contribution in [3.63, 3.8) is 0 Å². The van der Waals surface area contributed by atoms with E-state index in [1.165, 1.54) is 12.1 Å². The molecule has 5 nitrogen and oxygen atoms in total. The summed E-state index contributed by atoms with van der Waals surface area (Å²) in [6.07, 6.45) is 2.56. The summed E-state index contributed by atoms with van der Waals surface area (Å²) in [6.45, 7) is 0. The molecule has 39 heavy (non-hydrogen) atoms. The molecule has 1 N–H and O–H groups in total. The van der Waals surface area contributed by atoms with Gasteiger partial charge in [0.05, 0.1) is 28.5 Å². The van der Waals surface area contributed by atoms with Crippen molar-refractivity contribution in [2.24, 2.45) is 0 Å². The lowest BCUT2D eigenvalue weighted by Gasteiger charge is -2.21. The summed E-state index contributed by atoms with van der Waals surface area (Å²) in [4.78, 5) is 13.9. The van der Waals surface area contributed by atoms with Crippen molar-refractivity contribution in [2.45, 2.75) is 24.3 Å². The summed E-state index contributed by atoms with van der Waals surface area (Å²) in [6, 6.07) is 19.3. The van der Waals surface area contributed by atoms with E-state index < -0.39 is 0 Å². The molecule has 6 rings (SSSR count). The van der Waals surface area contributed by atoms with E-state index in [-0.39, 0.29) is 23.9 Å². The number of halogens is 3. The number of benzene rings is 3. The lowest BCUT2D eigenvalue weighted by Crippen LogP contribution is -2.35. The third kappa shape index (κ3) is 5.00. The SMILES string of the molecule is CO[C@@H]1Cc2ccccc2[C@@H]1NC(=O)c1nn(-c2ccc(Cl)cc2Cl)c2c1CSC/C2=C\c1ccc(F)cc1. The molecule has 3 aromatic carbocycles. The van der Waals surface area contributed by atoms with E-state index in [0.29, 0.717) is 32.9 Å². The Balaban J connectivity index is 1.45. The van der Waals surface area contributed by atoms with Crippen LogP contribution in [-0.2, 0) is 16.9 Å². The molecule has 1 aromatic heterocycles. The summed E-state index contributed by atoms with van der Waals surface area (Å²) in [7, 11) is 1.66. The fourth-order valence-electron chi connectivity index (χ4n) is 5.29. The molecule has 2 aliphatic rings. The van der Waals surface area contributed by atoms with Gasteiger partial charge in [-0.3, -0.25) is 4.79 Å². The average Bonchev–Trinajstić information content (AvgIpc) is 3.49. The van der Waals surface area contributed by atoms with E-state index in [1.807, 2.05) is 24.3 Å². The Morgan fingerprint density at radius 3 is 2.69 bits per heavy atom. The lowest BCUT2D eigenvalue weighted by atomic mass is 10.0.